The van der Waals surface area contributed by atoms with Gasteiger partial charge in [-0.3, -0.25) is 0 Å². The summed E-state index contributed by atoms with van der Waals surface area (Å²) < 4.78 is 10.9. The average molecular weight is 493 g/mol. The molecular formula is C26H18Cl2N2O4. The topological polar surface area (TPSA) is 84.4 Å². The Bertz CT molecular complexity index is 1440. The van der Waals surface area contributed by atoms with Crippen LogP contribution in [0.3, 0.4) is 0 Å². The number of carboxylic acids is 1. The Hall–Kier alpha value is -3.74. The molecule has 34 heavy (non-hydrogen) atoms. The van der Waals surface area contributed by atoms with E-state index in [0.29, 0.717) is 49.9 Å². The van der Waals surface area contributed by atoms with E-state index in [-0.39, 0.29) is 12.4 Å². The molecule has 0 bridgehead atoms. The number of benzene rings is 3. The lowest BCUT2D eigenvalue weighted by molar-refractivity contribution is -0.130. The summed E-state index contributed by atoms with van der Waals surface area (Å²) in [5, 5.41) is 10.8. The van der Waals surface area contributed by atoms with Crippen LogP contribution in [0.1, 0.15) is 17.0 Å². The van der Waals surface area contributed by atoms with Crippen LogP contribution >= 0.6 is 23.2 Å². The minimum atomic E-state index is -1.06. The summed E-state index contributed by atoms with van der Waals surface area (Å²) in [4.78, 5) is 20.0. The number of halogens is 2. The van der Waals surface area contributed by atoms with Crippen LogP contribution in [0.25, 0.3) is 34.2 Å². The number of aromatic nitrogens is 2. The van der Waals surface area contributed by atoms with Crippen LogP contribution in [0.15, 0.2) is 60.7 Å². The van der Waals surface area contributed by atoms with Gasteiger partial charge in [-0.1, -0.05) is 53.0 Å². The minimum Gasteiger partial charge on any atom is -0.478 e. The Morgan fingerprint density at radius 1 is 1.03 bits per heavy atom. The molecule has 2 heterocycles. The molecule has 2 N–H and O–H groups in total. The third-order valence-corrected chi connectivity index (χ3v) is 6.01. The number of hydrogen-bond acceptors (Lipinski definition) is 4. The molecule has 0 aliphatic carbocycles. The van der Waals surface area contributed by atoms with E-state index in [1.165, 1.54) is 6.08 Å². The Morgan fingerprint density at radius 2 is 1.79 bits per heavy atom. The molecule has 0 saturated heterocycles. The SMILES string of the molecule is Cc1ccc(/C(=C/c2nc(-c3cc(Cl)ccc3Cl)c(-c3ccc4c(c3)OCO4)[nH]2)C(=O)O)cc1. The molecule has 6 nitrogen and oxygen atoms in total. The first-order valence-corrected chi connectivity index (χ1v) is 11.1. The summed E-state index contributed by atoms with van der Waals surface area (Å²) in [6.07, 6.45) is 1.51. The highest BCUT2D eigenvalue weighted by Crippen LogP contribution is 2.40. The second-order valence-corrected chi connectivity index (χ2v) is 8.61. The number of hydrogen-bond donors (Lipinski definition) is 2. The Morgan fingerprint density at radius 3 is 2.56 bits per heavy atom. The van der Waals surface area contributed by atoms with Crippen molar-refractivity contribution in [2.45, 2.75) is 6.92 Å². The van der Waals surface area contributed by atoms with Crippen LogP contribution in [-0.2, 0) is 4.79 Å². The first kappa shape index (κ1) is 22.1. The molecule has 3 aromatic carbocycles. The molecule has 4 aromatic rings. The standard InChI is InChI=1S/C26H18Cl2N2O4/c1-14-2-4-15(5-3-14)18(26(31)32)12-23-29-24(16-6-9-21-22(10-16)34-13-33-21)25(30-23)19-11-17(27)7-8-20(19)28/h2-12H,13H2,1H3,(H,29,30)(H,31,32)/b18-12-. The van der Waals surface area contributed by atoms with Crippen molar-refractivity contribution in [3.63, 3.8) is 0 Å². The second-order valence-electron chi connectivity index (χ2n) is 7.77. The Labute approximate surface area is 205 Å². The number of aryl methyl sites for hydroxylation is 1. The number of rotatable bonds is 5. The van der Waals surface area contributed by atoms with Crippen LogP contribution in [0.2, 0.25) is 10.0 Å². The van der Waals surface area contributed by atoms with Crippen LogP contribution in [0, 0.1) is 6.92 Å². The summed E-state index contributed by atoms with van der Waals surface area (Å²) in [6, 6.07) is 17.9. The number of nitrogens with one attached hydrogen (secondary N) is 1. The molecule has 1 aliphatic heterocycles. The van der Waals surface area contributed by atoms with E-state index in [1.54, 1.807) is 30.3 Å². The van der Waals surface area contributed by atoms with Gasteiger partial charge in [-0.2, -0.15) is 0 Å². The van der Waals surface area contributed by atoms with E-state index in [1.807, 2.05) is 37.3 Å². The van der Waals surface area contributed by atoms with E-state index in [2.05, 4.69) is 4.98 Å². The summed E-state index contributed by atoms with van der Waals surface area (Å²) in [6.45, 7) is 2.10. The van der Waals surface area contributed by atoms with E-state index in [0.717, 1.165) is 11.1 Å². The van der Waals surface area contributed by atoms with Crippen LogP contribution in [-0.4, -0.2) is 27.8 Å². The van der Waals surface area contributed by atoms with Crippen molar-refractivity contribution < 1.29 is 19.4 Å². The normalized spacial score (nSPS) is 12.7. The van der Waals surface area contributed by atoms with Gasteiger partial charge in [0.15, 0.2) is 11.5 Å². The molecule has 8 heteroatoms. The van der Waals surface area contributed by atoms with E-state index in [4.69, 9.17) is 37.7 Å². The molecule has 5 rings (SSSR count). The maximum atomic E-state index is 12.1. The van der Waals surface area contributed by atoms with Gasteiger partial charge in [0.05, 0.1) is 22.0 Å². The average Bonchev–Trinajstić information content (AvgIpc) is 3.46. The lowest BCUT2D eigenvalue weighted by atomic mass is 10.0. The molecule has 0 spiro atoms. The van der Waals surface area contributed by atoms with Gasteiger partial charge in [-0.15, -0.1) is 0 Å². The monoisotopic (exact) mass is 492 g/mol. The predicted molar refractivity (Wildman–Crippen MR) is 132 cm³/mol. The van der Waals surface area contributed by atoms with E-state index >= 15 is 0 Å². The molecule has 0 amide bonds. The number of ether oxygens (including phenoxy) is 2. The number of carbonyl (C=O) groups is 1. The third kappa shape index (κ3) is 4.25. The minimum absolute atomic E-state index is 0.106. The van der Waals surface area contributed by atoms with Crippen molar-refractivity contribution in [2.24, 2.45) is 0 Å². The largest absolute Gasteiger partial charge is 0.478 e. The molecule has 170 valence electrons. The lowest BCUT2D eigenvalue weighted by Gasteiger charge is -2.07. The van der Waals surface area contributed by atoms with Gasteiger partial charge in [0.25, 0.3) is 0 Å². The third-order valence-electron chi connectivity index (χ3n) is 5.44. The molecule has 0 fully saturated rings. The van der Waals surface area contributed by atoms with Gasteiger partial charge >= 0.3 is 5.97 Å². The number of aliphatic carboxylic acids is 1. The predicted octanol–water partition coefficient (Wildman–Crippen LogP) is 6.71. The zero-order valence-corrected chi connectivity index (χ0v) is 19.4. The van der Waals surface area contributed by atoms with Gasteiger partial charge in [-0.25, -0.2) is 9.78 Å². The van der Waals surface area contributed by atoms with E-state index < -0.39 is 5.97 Å². The smallest absolute Gasteiger partial charge is 0.336 e. The van der Waals surface area contributed by atoms with Gasteiger partial charge in [0, 0.05) is 16.1 Å². The number of carboxylic acid groups (broad SMARTS) is 1. The Kier molecular flexibility index (Phi) is 5.77. The van der Waals surface area contributed by atoms with Gasteiger partial charge in [0.2, 0.25) is 6.79 Å². The highest BCUT2D eigenvalue weighted by Gasteiger charge is 2.21. The molecule has 0 unspecified atom stereocenters. The van der Waals surface area contributed by atoms with Crippen molar-refractivity contribution in [3.05, 3.63) is 87.7 Å². The molecule has 1 aromatic heterocycles. The summed E-state index contributed by atoms with van der Waals surface area (Å²) in [5.74, 6) is 0.556. The van der Waals surface area contributed by atoms with Crippen molar-refractivity contribution >= 4 is 40.8 Å². The van der Waals surface area contributed by atoms with E-state index in [9.17, 15) is 9.90 Å². The van der Waals surface area contributed by atoms with Crippen LogP contribution < -0.4 is 9.47 Å². The molecule has 1 aliphatic rings. The second kappa shape index (κ2) is 8.89. The molecule has 0 radical (unpaired) electrons. The van der Waals surface area contributed by atoms with Gasteiger partial charge < -0.3 is 19.6 Å². The number of aromatic amines is 1. The highest BCUT2D eigenvalue weighted by molar-refractivity contribution is 6.35. The van der Waals surface area contributed by atoms with Crippen molar-refractivity contribution in [2.75, 3.05) is 6.79 Å². The van der Waals surface area contributed by atoms with Crippen LogP contribution in [0.4, 0.5) is 0 Å². The first-order valence-electron chi connectivity index (χ1n) is 10.4. The Balaban J connectivity index is 1.69. The number of H-pyrrole nitrogens is 1. The summed E-state index contributed by atoms with van der Waals surface area (Å²) in [5.41, 5.74) is 4.28. The lowest BCUT2D eigenvalue weighted by Crippen LogP contribution is -2.00. The van der Waals surface area contributed by atoms with Crippen molar-refractivity contribution in [1.29, 1.82) is 0 Å². The number of fused-ring (bicyclic) bond motifs is 1. The first-order chi connectivity index (χ1) is 16.4. The molecular weight excluding hydrogens is 475 g/mol. The fourth-order valence-electron chi connectivity index (χ4n) is 3.73. The van der Waals surface area contributed by atoms with Gasteiger partial charge in [0.1, 0.15) is 5.82 Å². The maximum absolute atomic E-state index is 12.1. The molecule has 0 saturated carbocycles. The highest BCUT2D eigenvalue weighted by atomic mass is 35.5. The zero-order chi connectivity index (χ0) is 23.8. The van der Waals surface area contributed by atoms with Gasteiger partial charge in [-0.05, 0) is 55.0 Å². The zero-order valence-electron chi connectivity index (χ0n) is 17.9. The summed E-state index contributed by atoms with van der Waals surface area (Å²) >= 11 is 12.7. The number of imidazole rings is 1. The quantitative estimate of drug-likeness (QED) is 0.302. The summed E-state index contributed by atoms with van der Waals surface area (Å²) in [7, 11) is 0. The van der Waals surface area contributed by atoms with Crippen LogP contribution in [0.5, 0.6) is 11.5 Å². The maximum Gasteiger partial charge on any atom is 0.336 e. The van der Waals surface area contributed by atoms with Crippen molar-refractivity contribution in [3.8, 4) is 34.0 Å². The number of nitrogens with zero attached hydrogens (tertiary/aromatic N) is 1. The fraction of sp³-hybridized carbons (Fsp3) is 0.0769. The van der Waals surface area contributed by atoms with Crippen molar-refractivity contribution in [1.82, 2.24) is 9.97 Å². The molecule has 0 atom stereocenters. The fourth-order valence-corrected chi connectivity index (χ4v) is 4.11.